The molecule has 16 heavy (non-hydrogen) atoms. The minimum atomic E-state index is -4.31. The van der Waals surface area contributed by atoms with Crippen LogP contribution in [0.5, 0.6) is 0 Å². The molecule has 0 aromatic carbocycles. The van der Waals surface area contributed by atoms with Crippen molar-refractivity contribution < 1.29 is 13.2 Å². The van der Waals surface area contributed by atoms with E-state index in [2.05, 4.69) is 4.98 Å². The minimum absolute atomic E-state index is 0.322. The van der Waals surface area contributed by atoms with Crippen LogP contribution >= 0.6 is 0 Å². The Morgan fingerprint density at radius 2 is 2.00 bits per heavy atom. The first-order valence-electron chi connectivity index (χ1n) is 4.93. The number of rotatable bonds is 1. The Morgan fingerprint density at radius 3 is 2.56 bits per heavy atom. The smallest absolute Gasteiger partial charge is 0.322 e. The summed E-state index contributed by atoms with van der Waals surface area (Å²) >= 11 is 0. The van der Waals surface area contributed by atoms with Crippen LogP contribution < -0.4 is 0 Å². The Morgan fingerprint density at radius 1 is 1.31 bits per heavy atom. The van der Waals surface area contributed by atoms with Crippen LogP contribution in [-0.4, -0.2) is 40.2 Å². The Balaban J connectivity index is 2.27. The first kappa shape index (κ1) is 11.4. The van der Waals surface area contributed by atoms with Gasteiger partial charge in [0.1, 0.15) is 11.5 Å². The fourth-order valence-electron chi connectivity index (χ4n) is 1.82. The number of imidazole rings is 1. The summed E-state index contributed by atoms with van der Waals surface area (Å²) in [5.74, 6) is 0.465. The van der Waals surface area contributed by atoms with Crippen molar-refractivity contribution in [3.63, 3.8) is 0 Å². The van der Waals surface area contributed by atoms with Crippen molar-refractivity contribution in [2.75, 3.05) is 20.6 Å². The summed E-state index contributed by atoms with van der Waals surface area (Å²) in [5, 5.41) is 3.81. The van der Waals surface area contributed by atoms with E-state index in [0.29, 0.717) is 25.5 Å². The molecular weight excluding hydrogens is 221 g/mol. The number of fused-ring (bicyclic) bond motifs is 1. The van der Waals surface area contributed by atoms with Gasteiger partial charge in [-0.25, -0.2) is 15.0 Å². The SMILES string of the molecule is CN(C)N1CCn2c(C(F)(F)F)cnc2C1. The summed E-state index contributed by atoms with van der Waals surface area (Å²) in [6.07, 6.45) is -3.40. The molecule has 0 saturated carbocycles. The molecule has 0 fully saturated rings. The predicted octanol–water partition coefficient (Wildman–Crippen LogP) is 1.19. The molecule has 1 aromatic heterocycles. The Kier molecular flexibility index (Phi) is 2.67. The molecule has 7 heteroatoms. The number of hydrazine groups is 1. The quantitative estimate of drug-likeness (QED) is 0.729. The van der Waals surface area contributed by atoms with Crippen LogP contribution in [0.1, 0.15) is 11.5 Å². The Hall–Kier alpha value is -1.08. The molecule has 0 atom stereocenters. The van der Waals surface area contributed by atoms with E-state index in [9.17, 15) is 13.2 Å². The number of hydrogen-bond acceptors (Lipinski definition) is 3. The molecule has 0 saturated heterocycles. The van der Waals surface area contributed by atoms with Gasteiger partial charge in [-0.2, -0.15) is 13.2 Å². The van der Waals surface area contributed by atoms with Crippen LogP contribution in [0, 0.1) is 0 Å². The summed E-state index contributed by atoms with van der Waals surface area (Å²) in [5.41, 5.74) is -0.652. The summed E-state index contributed by atoms with van der Waals surface area (Å²) in [4.78, 5) is 3.83. The van der Waals surface area contributed by atoms with Crippen LogP contribution in [0.4, 0.5) is 13.2 Å². The zero-order chi connectivity index (χ0) is 11.9. The van der Waals surface area contributed by atoms with Gasteiger partial charge in [0.25, 0.3) is 0 Å². The molecule has 0 bridgehead atoms. The maximum atomic E-state index is 12.6. The van der Waals surface area contributed by atoms with Crippen LogP contribution in [0.2, 0.25) is 0 Å². The lowest BCUT2D eigenvalue weighted by Gasteiger charge is -2.33. The number of nitrogens with zero attached hydrogens (tertiary/aromatic N) is 4. The molecule has 0 amide bonds. The molecule has 2 rings (SSSR count). The van der Waals surface area contributed by atoms with E-state index < -0.39 is 11.9 Å². The van der Waals surface area contributed by atoms with E-state index in [1.807, 2.05) is 24.1 Å². The normalized spacial score (nSPS) is 17.9. The van der Waals surface area contributed by atoms with E-state index in [1.165, 1.54) is 4.57 Å². The second-order valence-electron chi connectivity index (χ2n) is 3.94. The third-order valence-electron chi connectivity index (χ3n) is 2.70. The highest BCUT2D eigenvalue weighted by atomic mass is 19.4. The van der Waals surface area contributed by atoms with E-state index in [4.69, 9.17) is 0 Å². The molecule has 4 nitrogen and oxygen atoms in total. The zero-order valence-corrected chi connectivity index (χ0v) is 9.12. The van der Waals surface area contributed by atoms with Crippen molar-refractivity contribution in [3.8, 4) is 0 Å². The number of aromatic nitrogens is 2. The fourth-order valence-corrected chi connectivity index (χ4v) is 1.82. The standard InChI is InChI=1S/C9H13F3N4/c1-14(2)15-3-4-16-7(9(10,11)12)5-13-8(16)6-15/h5H,3-4,6H2,1-2H3. The van der Waals surface area contributed by atoms with Crippen molar-refractivity contribution in [2.45, 2.75) is 19.3 Å². The average Bonchev–Trinajstić information content (AvgIpc) is 2.58. The summed E-state index contributed by atoms with van der Waals surface area (Å²) in [6, 6.07) is 0. The summed E-state index contributed by atoms with van der Waals surface area (Å²) < 4.78 is 39.0. The topological polar surface area (TPSA) is 24.3 Å². The lowest BCUT2D eigenvalue weighted by molar-refractivity contribution is -0.144. The van der Waals surface area contributed by atoms with Crippen molar-refractivity contribution in [3.05, 3.63) is 17.7 Å². The molecule has 2 heterocycles. The van der Waals surface area contributed by atoms with Gasteiger partial charge in [0.05, 0.1) is 12.7 Å². The van der Waals surface area contributed by atoms with Gasteiger partial charge < -0.3 is 4.57 Å². The maximum Gasteiger partial charge on any atom is 0.433 e. The molecule has 0 N–H and O–H groups in total. The molecule has 0 unspecified atom stereocenters. The van der Waals surface area contributed by atoms with Gasteiger partial charge in [0, 0.05) is 27.2 Å². The van der Waals surface area contributed by atoms with Crippen LogP contribution in [0.15, 0.2) is 6.20 Å². The summed E-state index contributed by atoms with van der Waals surface area (Å²) in [7, 11) is 3.73. The predicted molar refractivity (Wildman–Crippen MR) is 51.3 cm³/mol. The van der Waals surface area contributed by atoms with Gasteiger partial charge in [-0.1, -0.05) is 0 Å². The lowest BCUT2D eigenvalue weighted by Crippen LogP contribution is -2.43. The number of alkyl halides is 3. The Bertz CT molecular complexity index is 383. The summed E-state index contributed by atoms with van der Waals surface area (Å²) in [6.45, 7) is 1.31. The van der Waals surface area contributed by atoms with Crippen LogP contribution in [-0.2, 0) is 19.3 Å². The van der Waals surface area contributed by atoms with Gasteiger partial charge in [0.2, 0.25) is 0 Å². The largest absolute Gasteiger partial charge is 0.433 e. The molecule has 90 valence electrons. The van der Waals surface area contributed by atoms with Crippen molar-refractivity contribution >= 4 is 0 Å². The highest BCUT2D eigenvalue weighted by molar-refractivity contribution is 5.10. The molecular formula is C9H13F3N4. The molecule has 0 spiro atoms. The van der Waals surface area contributed by atoms with E-state index in [0.717, 1.165) is 6.20 Å². The fraction of sp³-hybridized carbons (Fsp3) is 0.667. The second-order valence-corrected chi connectivity index (χ2v) is 3.94. The monoisotopic (exact) mass is 234 g/mol. The highest BCUT2D eigenvalue weighted by Crippen LogP contribution is 2.31. The first-order valence-corrected chi connectivity index (χ1v) is 4.93. The zero-order valence-electron chi connectivity index (χ0n) is 9.12. The number of halogens is 3. The van der Waals surface area contributed by atoms with E-state index in [1.54, 1.807) is 0 Å². The molecule has 0 aliphatic carbocycles. The van der Waals surface area contributed by atoms with Gasteiger partial charge >= 0.3 is 6.18 Å². The number of hydrogen-bond donors (Lipinski definition) is 0. The highest BCUT2D eigenvalue weighted by Gasteiger charge is 2.37. The third-order valence-corrected chi connectivity index (χ3v) is 2.70. The van der Waals surface area contributed by atoms with Gasteiger partial charge in [-0.3, -0.25) is 0 Å². The van der Waals surface area contributed by atoms with Gasteiger partial charge in [-0.05, 0) is 0 Å². The van der Waals surface area contributed by atoms with E-state index in [-0.39, 0.29) is 0 Å². The van der Waals surface area contributed by atoms with Gasteiger partial charge in [-0.15, -0.1) is 0 Å². The maximum absolute atomic E-state index is 12.6. The minimum Gasteiger partial charge on any atom is -0.322 e. The van der Waals surface area contributed by atoms with Crippen molar-refractivity contribution in [1.82, 2.24) is 19.6 Å². The van der Waals surface area contributed by atoms with Gasteiger partial charge in [0.15, 0.2) is 0 Å². The van der Waals surface area contributed by atoms with E-state index >= 15 is 0 Å². The molecule has 1 aromatic rings. The van der Waals surface area contributed by atoms with Crippen LogP contribution in [0.25, 0.3) is 0 Å². The Labute approximate surface area is 91.2 Å². The molecule has 0 radical (unpaired) electrons. The lowest BCUT2D eigenvalue weighted by atomic mass is 10.3. The van der Waals surface area contributed by atoms with Crippen molar-refractivity contribution in [1.29, 1.82) is 0 Å². The average molecular weight is 234 g/mol. The third kappa shape index (κ3) is 1.92. The van der Waals surface area contributed by atoms with Crippen molar-refractivity contribution in [2.24, 2.45) is 0 Å². The molecule has 1 aliphatic heterocycles. The van der Waals surface area contributed by atoms with Crippen LogP contribution in [0.3, 0.4) is 0 Å². The first-order chi connectivity index (χ1) is 7.39. The second kappa shape index (κ2) is 3.74. The molecule has 1 aliphatic rings.